The summed E-state index contributed by atoms with van der Waals surface area (Å²) in [6.07, 6.45) is 5.22. The third-order valence-corrected chi connectivity index (χ3v) is 3.29. The standard InChI is InChI=1S/C13H11NOS/c1-3-9(2)14-13(15)11-8-16-12-7-5-4-6-10(11)12/h1,4-9H,2H3,(H,14,15). The molecule has 16 heavy (non-hydrogen) atoms. The molecule has 1 heterocycles. The zero-order valence-corrected chi connectivity index (χ0v) is 9.67. The molecule has 0 spiro atoms. The Balaban J connectivity index is 2.34. The number of rotatable bonds is 2. The normalized spacial score (nSPS) is 12.0. The molecule has 0 saturated heterocycles. The number of amides is 1. The lowest BCUT2D eigenvalue weighted by Gasteiger charge is -2.06. The summed E-state index contributed by atoms with van der Waals surface area (Å²) < 4.78 is 1.11. The average Bonchev–Trinajstić information content (AvgIpc) is 2.72. The third kappa shape index (κ3) is 1.93. The van der Waals surface area contributed by atoms with Crippen molar-refractivity contribution in [3.63, 3.8) is 0 Å². The number of carbonyl (C=O) groups is 1. The zero-order chi connectivity index (χ0) is 11.5. The molecule has 2 nitrogen and oxygen atoms in total. The van der Waals surface area contributed by atoms with Crippen LogP contribution in [0.2, 0.25) is 0 Å². The fraction of sp³-hybridized carbons (Fsp3) is 0.154. The molecule has 1 N–H and O–H groups in total. The Bertz CT molecular complexity index is 565. The van der Waals surface area contributed by atoms with E-state index in [1.165, 1.54) is 0 Å². The Labute approximate surface area is 98.3 Å². The van der Waals surface area contributed by atoms with Crippen molar-refractivity contribution in [1.82, 2.24) is 5.32 Å². The van der Waals surface area contributed by atoms with Crippen molar-refractivity contribution in [2.24, 2.45) is 0 Å². The first-order valence-electron chi connectivity index (χ1n) is 4.95. The van der Waals surface area contributed by atoms with E-state index < -0.39 is 0 Å². The zero-order valence-electron chi connectivity index (χ0n) is 8.86. The molecule has 2 rings (SSSR count). The Morgan fingerprint density at radius 1 is 1.50 bits per heavy atom. The smallest absolute Gasteiger partial charge is 0.253 e. The van der Waals surface area contributed by atoms with Gasteiger partial charge in [0.2, 0.25) is 0 Å². The molecule has 0 fully saturated rings. The third-order valence-electron chi connectivity index (χ3n) is 2.32. The summed E-state index contributed by atoms with van der Waals surface area (Å²) in [6.45, 7) is 1.78. The van der Waals surface area contributed by atoms with E-state index in [1.54, 1.807) is 18.3 Å². The van der Waals surface area contributed by atoms with Crippen LogP contribution in [0.15, 0.2) is 29.6 Å². The second kappa shape index (κ2) is 4.38. The largest absolute Gasteiger partial charge is 0.339 e. The maximum absolute atomic E-state index is 11.9. The second-order valence-corrected chi connectivity index (χ2v) is 4.42. The summed E-state index contributed by atoms with van der Waals surface area (Å²) in [4.78, 5) is 11.9. The Hall–Kier alpha value is -1.79. The van der Waals surface area contributed by atoms with Gasteiger partial charge >= 0.3 is 0 Å². The SMILES string of the molecule is C#CC(C)NC(=O)c1csc2ccccc12. The maximum Gasteiger partial charge on any atom is 0.253 e. The quantitative estimate of drug-likeness (QED) is 0.788. The van der Waals surface area contributed by atoms with E-state index in [9.17, 15) is 4.79 Å². The van der Waals surface area contributed by atoms with Gasteiger partial charge in [-0.05, 0) is 13.0 Å². The van der Waals surface area contributed by atoms with Crippen LogP contribution in [0.4, 0.5) is 0 Å². The number of benzene rings is 1. The maximum atomic E-state index is 11.9. The van der Waals surface area contributed by atoms with Gasteiger partial charge in [-0.3, -0.25) is 4.79 Å². The van der Waals surface area contributed by atoms with Crippen LogP contribution < -0.4 is 5.32 Å². The summed E-state index contributed by atoms with van der Waals surface area (Å²) >= 11 is 1.56. The van der Waals surface area contributed by atoms with Crippen molar-refractivity contribution in [2.75, 3.05) is 0 Å². The predicted molar refractivity (Wildman–Crippen MR) is 67.6 cm³/mol. The van der Waals surface area contributed by atoms with E-state index in [1.807, 2.05) is 29.6 Å². The molecular formula is C13H11NOS. The van der Waals surface area contributed by atoms with Crippen LogP contribution in [0.3, 0.4) is 0 Å². The van der Waals surface area contributed by atoms with Crippen LogP contribution >= 0.6 is 11.3 Å². The summed E-state index contributed by atoms with van der Waals surface area (Å²) in [5.74, 6) is 2.37. The van der Waals surface area contributed by atoms with Gasteiger partial charge in [0.25, 0.3) is 5.91 Å². The molecule has 1 aromatic heterocycles. The number of carbonyl (C=O) groups excluding carboxylic acids is 1. The molecule has 0 saturated carbocycles. The molecule has 3 heteroatoms. The fourth-order valence-corrected chi connectivity index (χ4v) is 2.41. The first kappa shape index (κ1) is 10.7. The first-order chi connectivity index (χ1) is 7.72. The van der Waals surface area contributed by atoms with Crippen LogP contribution in [0.5, 0.6) is 0 Å². The number of thiophene rings is 1. The molecule has 1 amide bonds. The van der Waals surface area contributed by atoms with Crippen molar-refractivity contribution in [1.29, 1.82) is 0 Å². The molecule has 2 aromatic rings. The van der Waals surface area contributed by atoms with Gasteiger partial charge in [-0.15, -0.1) is 17.8 Å². The number of nitrogens with one attached hydrogen (secondary N) is 1. The Kier molecular flexibility index (Phi) is 2.93. The van der Waals surface area contributed by atoms with Gasteiger partial charge in [0.05, 0.1) is 11.6 Å². The number of hydrogen-bond donors (Lipinski definition) is 1. The lowest BCUT2D eigenvalue weighted by atomic mass is 10.1. The second-order valence-electron chi connectivity index (χ2n) is 3.51. The fourth-order valence-electron chi connectivity index (χ4n) is 1.47. The Morgan fingerprint density at radius 3 is 3.00 bits per heavy atom. The first-order valence-corrected chi connectivity index (χ1v) is 5.83. The lowest BCUT2D eigenvalue weighted by molar-refractivity contribution is 0.0950. The summed E-state index contributed by atoms with van der Waals surface area (Å²) in [5, 5.41) is 5.60. The van der Waals surface area contributed by atoms with Crippen molar-refractivity contribution in [3.8, 4) is 12.3 Å². The van der Waals surface area contributed by atoms with Crippen LogP contribution in [0.1, 0.15) is 17.3 Å². The molecule has 80 valence electrons. The van der Waals surface area contributed by atoms with Gasteiger partial charge in [-0.2, -0.15) is 0 Å². The van der Waals surface area contributed by atoms with Crippen LogP contribution in [-0.4, -0.2) is 11.9 Å². The molecule has 1 aromatic carbocycles. The minimum Gasteiger partial charge on any atom is -0.339 e. The van der Waals surface area contributed by atoms with E-state index in [2.05, 4.69) is 11.2 Å². The van der Waals surface area contributed by atoms with Crippen LogP contribution in [0.25, 0.3) is 10.1 Å². The molecule has 0 aliphatic carbocycles. The van der Waals surface area contributed by atoms with Gasteiger partial charge in [0.15, 0.2) is 0 Å². The van der Waals surface area contributed by atoms with Crippen molar-refractivity contribution in [2.45, 2.75) is 13.0 Å². The average molecular weight is 229 g/mol. The molecule has 0 bridgehead atoms. The van der Waals surface area contributed by atoms with Gasteiger partial charge in [-0.1, -0.05) is 24.1 Å². The van der Waals surface area contributed by atoms with E-state index >= 15 is 0 Å². The summed E-state index contributed by atoms with van der Waals surface area (Å²) in [6, 6.07) is 7.59. The molecule has 1 atom stereocenters. The number of fused-ring (bicyclic) bond motifs is 1. The molecular weight excluding hydrogens is 218 g/mol. The van der Waals surface area contributed by atoms with Gasteiger partial charge in [-0.25, -0.2) is 0 Å². The highest BCUT2D eigenvalue weighted by atomic mass is 32.1. The van der Waals surface area contributed by atoms with E-state index in [4.69, 9.17) is 6.42 Å². The van der Waals surface area contributed by atoms with Gasteiger partial charge < -0.3 is 5.32 Å². The molecule has 1 unspecified atom stereocenters. The number of hydrogen-bond acceptors (Lipinski definition) is 2. The van der Waals surface area contributed by atoms with Crippen molar-refractivity contribution >= 4 is 27.3 Å². The minimum absolute atomic E-state index is 0.108. The van der Waals surface area contributed by atoms with Gasteiger partial charge in [0, 0.05) is 15.5 Å². The highest BCUT2D eigenvalue weighted by molar-refractivity contribution is 7.17. The lowest BCUT2D eigenvalue weighted by Crippen LogP contribution is -2.31. The monoisotopic (exact) mass is 229 g/mol. The van der Waals surface area contributed by atoms with Gasteiger partial charge in [0.1, 0.15) is 0 Å². The highest BCUT2D eigenvalue weighted by Crippen LogP contribution is 2.25. The molecule has 0 aliphatic rings. The Morgan fingerprint density at radius 2 is 2.25 bits per heavy atom. The van der Waals surface area contributed by atoms with E-state index in [0.29, 0.717) is 5.56 Å². The topological polar surface area (TPSA) is 29.1 Å². The van der Waals surface area contributed by atoms with Crippen LogP contribution in [0, 0.1) is 12.3 Å². The van der Waals surface area contributed by atoms with Crippen molar-refractivity contribution in [3.05, 3.63) is 35.2 Å². The highest BCUT2D eigenvalue weighted by Gasteiger charge is 2.12. The van der Waals surface area contributed by atoms with E-state index in [0.717, 1.165) is 10.1 Å². The van der Waals surface area contributed by atoms with Crippen LogP contribution in [-0.2, 0) is 0 Å². The summed E-state index contributed by atoms with van der Waals surface area (Å²) in [7, 11) is 0. The minimum atomic E-state index is -0.244. The molecule has 0 radical (unpaired) electrons. The van der Waals surface area contributed by atoms with E-state index in [-0.39, 0.29) is 11.9 Å². The summed E-state index contributed by atoms with van der Waals surface area (Å²) in [5.41, 5.74) is 0.697. The number of terminal acetylenes is 1. The molecule has 0 aliphatic heterocycles. The van der Waals surface area contributed by atoms with Crippen molar-refractivity contribution < 1.29 is 4.79 Å². The predicted octanol–water partition coefficient (Wildman–Crippen LogP) is 2.65.